The van der Waals surface area contributed by atoms with Gasteiger partial charge in [-0.3, -0.25) is 57.5 Å². The average molecular weight is 1570 g/mol. The molecule has 0 aromatic rings. The Morgan fingerprint density at radius 3 is 0.688 bits per heavy atom. The molecule has 0 saturated carbocycles. The lowest BCUT2D eigenvalue weighted by atomic mass is 10.2. The second-order valence-electron chi connectivity index (χ2n) is 24.3. The molecule has 0 aromatic carbocycles. The van der Waals surface area contributed by atoms with E-state index in [1.165, 1.54) is 34.6 Å². The number of nitrogens with zero attached hydrogens (tertiary/aromatic N) is 6. The Hall–Kier alpha value is -8.98. The van der Waals surface area contributed by atoms with E-state index in [4.69, 9.17) is 100 Å². The molecular formula is C63H86N6O40. The van der Waals surface area contributed by atoms with Gasteiger partial charge in [0.1, 0.15) is 39.6 Å². The van der Waals surface area contributed by atoms with Crippen molar-refractivity contribution in [3.05, 3.63) is 0 Å². The maximum Gasteiger partial charge on any atom is 0.358 e. The number of carbonyl (C=O) groups is 18. The van der Waals surface area contributed by atoms with Gasteiger partial charge in [-0.25, -0.2) is 28.8 Å². The number of aliphatic hydroxyl groups excluding tert-OH is 1. The number of carbonyl (C=O) groups excluding carboxylic acids is 18. The first-order valence-electron chi connectivity index (χ1n) is 34.2. The Kier molecular flexibility index (Phi) is 37.4. The highest BCUT2D eigenvalue weighted by Crippen LogP contribution is 2.20. The summed E-state index contributed by atoms with van der Waals surface area (Å²) in [7, 11) is 0. The van der Waals surface area contributed by atoms with Crippen LogP contribution in [0, 0.1) is 0 Å². The van der Waals surface area contributed by atoms with Crippen molar-refractivity contribution in [1.82, 2.24) is 30.4 Å². The Labute approximate surface area is 619 Å². The van der Waals surface area contributed by atoms with Crippen molar-refractivity contribution in [3.63, 3.8) is 0 Å². The number of imide groups is 6. The molecule has 46 heteroatoms. The number of aliphatic hydroxyl groups is 1. The lowest BCUT2D eigenvalue weighted by molar-refractivity contribution is -0.257. The van der Waals surface area contributed by atoms with Gasteiger partial charge in [0, 0.05) is 83.7 Å². The van der Waals surface area contributed by atoms with E-state index < -0.39 is 261 Å². The van der Waals surface area contributed by atoms with Crippen LogP contribution in [0.2, 0.25) is 0 Å². The molecule has 1 N–H and O–H groups in total. The van der Waals surface area contributed by atoms with E-state index in [2.05, 4.69) is 0 Å². The summed E-state index contributed by atoms with van der Waals surface area (Å²) in [6.45, 7) is -2.54. The van der Waals surface area contributed by atoms with E-state index in [1.54, 1.807) is 0 Å². The van der Waals surface area contributed by atoms with Gasteiger partial charge in [-0.2, -0.15) is 0 Å². The molecule has 10 atom stereocenters. The van der Waals surface area contributed by atoms with E-state index in [1.807, 2.05) is 0 Å². The van der Waals surface area contributed by atoms with Crippen LogP contribution in [0.3, 0.4) is 0 Å². The normalized spacial score (nSPS) is 19.1. The van der Waals surface area contributed by atoms with Crippen molar-refractivity contribution in [2.24, 2.45) is 0 Å². The molecule has 6 rings (SSSR count). The minimum Gasteiger partial charge on any atom is -0.394 e. The molecule has 46 nitrogen and oxygen atoms in total. The van der Waals surface area contributed by atoms with E-state index in [9.17, 15) is 91.4 Å². The molecule has 6 aliphatic rings. The van der Waals surface area contributed by atoms with E-state index in [-0.39, 0.29) is 108 Å². The summed E-state index contributed by atoms with van der Waals surface area (Å²) in [5.74, 6) is -15.9. The Bertz CT molecular complexity index is 3150. The van der Waals surface area contributed by atoms with Crippen LogP contribution in [0.5, 0.6) is 0 Å². The molecule has 6 aliphatic heterocycles. The predicted molar refractivity (Wildman–Crippen MR) is 335 cm³/mol. The molecule has 0 aromatic heterocycles. The van der Waals surface area contributed by atoms with Gasteiger partial charge < -0.3 is 105 Å². The number of rotatable bonds is 54. The molecule has 0 aliphatic carbocycles. The van der Waals surface area contributed by atoms with Gasteiger partial charge >= 0.3 is 35.8 Å². The summed E-state index contributed by atoms with van der Waals surface area (Å²) in [5.41, 5.74) is 0. The zero-order chi connectivity index (χ0) is 79.7. The van der Waals surface area contributed by atoms with Crippen LogP contribution >= 0.6 is 0 Å². The standard InChI is InChI=1S/C63H86N6O40/c1-36(20-70)100-60(32-91-28-56(85)106-66-46(75)10-11-47(66)76)96-22-38(3)102-62(34-93-30-58(87)108-68-50(79)14-15-51(68)80)98-24-40(5)103-63(35-94-31-59(88)109-69-52(81)16-17-53(69)82)97-23-39(4)101-61(33-92-29-57(86)107-67-48(77)12-13-49(67)78)95-21-37(2)99-41(25-90-27-55(84)105-65-44(73)8-9-45(65)74)18-19-89-26-54(83)104-64-42(71)6-7-43(64)72/h36-41,60-63,70H,6-35H2,1-5H3. The second-order valence-corrected chi connectivity index (χ2v) is 24.3. The topological polar surface area (TPSA) is 541 Å². The first-order valence-corrected chi connectivity index (χ1v) is 34.2. The molecular weight excluding hydrogens is 1480 g/mol. The monoisotopic (exact) mass is 1570 g/mol. The number of amides is 12. The van der Waals surface area contributed by atoms with Crippen LogP contribution in [-0.4, -0.2) is 316 Å². The van der Waals surface area contributed by atoms with Crippen LogP contribution in [0.1, 0.15) is 118 Å². The molecule has 6 heterocycles. The zero-order valence-electron chi connectivity index (χ0n) is 60.0. The average Bonchev–Trinajstić information content (AvgIpc) is 1.74. The van der Waals surface area contributed by atoms with E-state index in [0.29, 0.717) is 25.3 Å². The summed E-state index contributed by atoms with van der Waals surface area (Å²) in [4.78, 5) is 250. The van der Waals surface area contributed by atoms with Crippen molar-refractivity contribution < 1.29 is 191 Å². The zero-order valence-corrected chi connectivity index (χ0v) is 60.0. The first kappa shape index (κ1) is 88.9. The minimum absolute atomic E-state index is 0.0937. The van der Waals surface area contributed by atoms with Gasteiger partial charge in [0.15, 0.2) is 25.2 Å². The molecule has 6 fully saturated rings. The fourth-order valence-electron chi connectivity index (χ4n) is 9.55. The highest BCUT2D eigenvalue weighted by molar-refractivity contribution is 6.04. The molecule has 0 radical (unpaired) electrons. The number of ether oxygens (including phenoxy) is 15. The molecule has 608 valence electrons. The lowest BCUT2D eigenvalue weighted by Gasteiger charge is -2.28. The SMILES string of the molecule is CC(COC(COCC(=O)ON1C(=O)CCC1=O)OC(C)COC(COCC(=O)ON1C(=O)CCC1=O)OC(C)COC(COCC(=O)ON1C(=O)CCC1=O)OC(C)COC(COCC(=O)ON1C(=O)CCC1=O)OC(C)CO)OC(CCOCC(=O)ON1C(=O)CCC1=O)COCC(=O)ON1C(=O)CCC1=O. The van der Waals surface area contributed by atoms with Crippen LogP contribution < -0.4 is 0 Å². The third-order valence-corrected chi connectivity index (χ3v) is 14.7. The highest BCUT2D eigenvalue weighted by atomic mass is 16.8. The maximum absolute atomic E-state index is 12.8. The van der Waals surface area contributed by atoms with Crippen LogP contribution in [-0.2, 0) is 186 Å². The van der Waals surface area contributed by atoms with Gasteiger partial charge in [-0.15, -0.1) is 30.4 Å². The van der Waals surface area contributed by atoms with Crippen molar-refractivity contribution in [1.29, 1.82) is 0 Å². The number of hydrogen-bond acceptors (Lipinski definition) is 40. The third kappa shape index (κ3) is 31.5. The quantitative estimate of drug-likeness (QED) is 0.0343. The van der Waals surface area contributed by atoms with Crippen LogP contribution in [0.4, 0.5) is 0 Å². The van der Waals surface area contributed by atoms with Gasteiger partial charge in [-0.05, 0) is 41.0 Å². The van der Waals surface area contributed by atoms with Gasteiger partial charge in [-0.1, -0.05) is 0 Å². The fourth-order valence-corrected chi connectivity index (χ4v) is 9.55. The van der Waals surface area contributed by atoms with Gasteiger partial charge in [0.2, 0.25) is 0 Å². The summed E-state index contributed by atoms with van der Waals surface area (Å²) >= 11 is 0. The smallest absolute Gasteiger partial charge is 0.358 e. The predicted octanol–water partition coefficient (Wildman–Crippen LogP) is -4.12. The Balaban J connectivity index is 1.11. The van der Waals surface area contributed by atoms with Crippen molar-refractivity contribution >= 4 is 107 Å². The van der Waals surface area contributed by atoms with Crippen LogP contribution in [0.15, 0.2) is 0 Å². The minimum atomic E-state index is -1.50. The van der Waals surface area contributed by atoms with E-state index in [0.717, 1.165) is 0 Å². The molecule has 6 saturated heterocycles. The molecule has 0 spiro atoms. The molecule has 0 bridgehead atoms. The fraction of sp³-hybridized carbons (Fsp3) is 0.714. The Morgan fingerprint density at radius 2 is 0.468 bits per heavy atom. The van der Waals surface area contributed by atoms with Crippen molar-refractivity contribution in [2.75, 3.05) is 112 Å². The molecule has 109 heavy (non-hydrogen) atoms. The molecule has 10 unspecified atom stereocenters. The second kappa shape index (κ2) is 45.9. The molecule has 12 amide bonds. The summed E-state index contributed by atoms with van der Waals surface area (Å²) in [6, 6.07) is 0. The Morgan fingerprint density at radius 1 is 0.275 bits per heavy atom. The largest absolute Gasteiger partial charge is 0.394 e. The van der Waals surface area contributed by atoms with Gasteiger partial charge in [0.25, 0.3) is 70.9 Å². The number of hydroxylamine groups is 12. The summed E-state index contributed by atoms with van der Waals surface area (Å²) in [5, 5.41) is 11.6. The van der Waals surface area contributed by atoms with E-state index >= 15 is 0 Å². The van der Waals surface area contributed by atoms with Gasteiger partial charge in [0.05, 0.1) is 103 Å². The van der Waals surface area contributed by atoms with Crippen LogP contribution in [0.25, 0.3) is 0 Å². The third-order valence-electron chi connectivity index (χ3n) is 14.7. The highest BCUT2D eigenvalue weighted by Gasteiger charge is 2.39. The first-order chi connectivity index (χ1) is 51.9. The number of hydrogen-bond donors (Lipinski definition) is 1. The maximum atomic E-state index is 12.8. The lowest BCUT2D eigenvalue weighted by Crippen LogP contribution is -2.39. The summed E-state index contributed by atoms with van der Waals surface area (Å²) < 4.78 is 86.9. The summed E-state index contributed by atoms with van der Waals surface area (Å²) in [6.07, 6.45) is -14.0. The van der Waals surface area contributed by atoms with Crippen molar-refractivity contribution in [3.8, 4) is 0 Å². The van der Waals surface area contributed by atoms with Crippen molar-refractivity contribution in [2.45, 2.75) is 180 Å².